The molecule has 11 heteroatoms. The lowest BCUT2D eigenvalue weighted by Crippen LogP contribution is -2.35. The maximum Gasteiger partial charge on any atom is 0.387 e. The number of halogens is 2. The highest BCUT2D eigenvalue weighted by Crippen LogP contribution is 2.39. The lowest BCUT2D eigenvalue weighted by molar-refractivity contribution is -0.142. The van der Waals surface area contributed by atoms with Crippen LogP contribution in [-0.2, 0) is 17.9 Å². The average molecular weight is 693 g/mol. The molecular formula is C40H38F2N4O5. The number of likely N-dealkylation sites (tertiary alicyclic amines) is 2. The first-order chi connectivity index (χ1) is 24.7. The highest BCUT2D eigenvalue weighted by atomic mass is 19.3. The Bertz CT molecular complexity index is 2260. The van der Waals surface area contributed by atoms with Crippen LogP contribution in [0.5, 0.6) is 5.75 Å². The van der Waals surface area contributed by atoms with Gasteiger partial charge in [0, 0.05) is 35.8 Å². The van der Waals surface area contributed by atoms with Crippen LogP contribution in [0.4, 0.5) is 8.78 Å². The minimum Gasteiger partial charge on any atom is -0.480 e. The van der Waals surface area contributed by atoms with Crippen LogP contribution in [0.15, 0.2) is 75.6 Å². The number of ether oxygens (including phenoxy) is 1. The van der Waals surface area contributed by atoms with E-state index in [9.17, 15) is 18.7 Å². The second-order valence-corrected chi connectivity index (χ2v) is 13.6. The maximum absolute atomic E-state index is 13.4. The summed E-state index contributed by atoms with van der Waals surface area (Å²) in [6, 6.07) is 20.7. The van der Waals surface area contributed by atoms with Crippen LogP contribution in [0, 0.1) is 13.8 Å². The van der Waals surface area contributed by atoms with Crippen LogP contribution in [0.3, 0.4) is 0 Å². The largest absolute Gasteiger partial charge is 0.480 e. The molecule has 4 aromatic carbocycles. The second kappa shape index (κ2) is 13.5. The first-order valence-corrected chi connectivity index (χ1v) is 17.4. The van der Waals surface area contributed by atoms with Crippen LogP contribution in [0.2, 0.25) is 0 Å². The third kappa shape index (κ3) is 6.47. The van der Waals surface area contributed by atoms with E-state index in [0.29, 0.717) is 53.5 Å². The number of alkyl halides is 2. The topological polar surface area (TPSA) is 105 Å². The third-order valence-corrected chi connectivity index (χ3v) is 10.3. The molecule has 0 spiro atoms. The molecule has 2 aromatic heterocycles. The Morgan fingerprint density at radius 1 is 0.824 bits per heavy atom. The van der Waals surface area contributed by atoms with Gasteiger partial charge in [0.25, 0.3) is 0 Å². The summed E-state index contributed by atoms with van der Waals surface area (Å²) in [7, 11) is 0. The molecule has 0 radical (unpaired) electrons. The van der Waals surface area contributed by atoms with Gasteiger partial charge in [0.05, 0.1) is 0 Å². The molecule has 1 N–H and O–H groups in total. The monoisotopic (exact) mass is 692 g/mol. The van der Waals surface area contributed by atoms with Crippen molar-refractivity contribution in [2.24, 2.45) is 0 Å². The summed E-state index contributed by atoms with van der Waals surface area (Å²) in [4.78, 5) is 25.6. The molecule has 6 aromatic rings. The summed E-state index contributed by atoms with van der Waals surface area (Å²) < 4.78 is 44.1. The minimum atomic E-state index is -2.94. The van der Waals surface area contributed by atoms with Gasteiger partial charge in [0.2, 0.25) is 11.8 Å². The highest BCUT2D eigenvalue weighted by molar-refractivity contribution is 5.85. The summed E-state index contributed by atoms with van der Waals surface area (Å²) in [6.45, 7) is 4.78. The number of benzene rings is 4. The Balaban J connectivity index is 1.10. The van der Waals surface area contributed by atoms with Crippen LogP contribution < -0.4 is 4.74 Å². The van der Waals surface area contributed by atoms with Crippen LogP contribution in [-0.4, -0.2) is 63.1 Å². The van der Waals surface area contributed by atoms with Crippen molar-refractivity contribution >= 4 is 28.2 Å². The lowest BCUT2D eigenvalue weighted by Gasteiger charge is -2.20. The molecule has 2 aliphatic rings. The second-order valence-electron chi connectivity index (χ2n) is 13.6. The molecule has 2 aliphatic heterocycles. The number of hydrogen-bond donors (Lipinski definition) is 1. The molecule has 0 aliphatic carbocycles. The van der Waals surface area contributed by atoms with E-state index in [1.54, 1.807) is 6.07 Å². The first kappa shape index (κ1) is 33.0. The molecule has 2 fully saturated rings. The lowest BCUT2D eigenvalue weighted by atomic mass is 9.91. The normalized spacial score (nSPS) is 17.0. The number of carbonyl (C=O) groups is 1. The Hall–Kier alpha value is -5.13. The molecule has 2 saturated heterocycles. The molecule has 4 heterocycles. The summed E-state index contributed by atoms with van der Waals surface area (Å²) in [5.41, 5.74) is 9.60. The SMILES string of the molecule is Cc1c(-c2nc3cc(CN4CCC[C@H]4C(=O)O)ccc3o2)cccc1-c1cccc(-c2nc3cc(CN4CCCC4)c(OC(F)F)cc3o2)c1C. The molecule has 9 nitrogen and oxygen atoms in total. The molecule has 1 atom stereocenters. The zero-order valence-corrected chi connectivity index (χ0v) is 28.5. The predicted molar refractivity (Wildman–Crippen MR) is 190 cm³/mol. The van der Waals surface area contributed by atoms with Gasteiger partial charge in [-0.2, -0.15) is 8.78 Å². The Morgan fingerprint density at radius 3 is 2.10 bits per heavy atom. The van der Waals surface area contributed by atoms with Crippen LogP contribution >= 0.6 is 0 Å². The van der Waals surface area contributed by atoms with E-state index in [-0.39, 0.29) is 5.75 Å². The number of carboxylic acid groups (broad SMARTS) is 1. The fraction of sp³-hybridized carbons (Fsp3) is 0.325. The molecule has 0 saturated carbocycles. The van der Waals surface area contributed by atoms with Gasteiger partial charge in [0.1, 0.15) is 22.8 Å². The summed E-state index contributed by atoms with van der Waals surface area (Å²) in [6.07, 6.45) is 3.72. The van der Waals surface area contributed by atoms with Crippen molar-refractivity contribution in [1.82, 2.24) is 19.8 Å². The molecule has 262 valence electrons. The van der Waals surface area contributed by atoms with E-state index >= 15 is 0 Å². The van der Waals surface area contributed by atoms with Crippen molar-refractivity contribution in [2.75, 3.05) is 19.6 Å². The number of oxazole rings is 2. The van der Waals surface area contributed by atoms with Gasteiger partial charge in [-0.1, -0.05) is 30.3 Å². The van der Waals surface area contributed by atoms with E-state index in [1.165, 1.54) is 6.07 Å². The maximum atomic E-state index is 13.4. The number of aromatic nitrogens is 2. The number of fused-ring (bicyclic) bond motifs is 2. The van der Waals surface area contributed by atoms with E-state index in [4.69, 9.17) is 23.5 Å². The van der Waals surface area contributed by atoms with Gasteiger partial charge in [-0.05, 0) is 117 Å². The highest BCUT2D eigenvalue weighted by Gasteiger charge is 2.30. The summed E-state index contributed by atoms with van der Waals surface area (Å²) in [5, 5.41) is 9.59. The predicted octanol–water partition coefficient (Wildman–Crippen LogP) is 8.83. The van der Waals surface area contributed by atoms with Gasteiger partial charge in [-0.15, -0.1) is 0 Å². The van der Waals surface area contributed by atoms with Crippen LogP contribution in [0.25, 0.3) is 56.2 Å². The number of aliphatic carboxylic acids is 1. The van der Waals surface area contributed by atoms with E-state index in [0.717, 1.165) is 83.4 Å². The van der Waals surface area contributed by atoms with Gasteiger partial charge >= 0.3 is 12.6 Å². The molecule has 0 amide bonds. The zero-order valence-electron chi connectivity index (χ0n) is 28.5. The van der Waals surface area contributed by atoms with Gasteiger partial charge in [-0.3, -0.25) is 14.6 Å². The van der Waals surface area contributed by atoms with E-state index in [2.05, 4.69) is 17.0 Å². The van der Waals surface area contributed by atoms with Crippen molar-refractivity contribution in [3.63, 3.8) is 0 Å². The van der Waals surface area contributed by atoms with Gasteiger partial charge < -0.3 is 18.7 Å². The Kier molecular flexibility index (Phi) is 8.77. The number of nitrogens with zero attached hydrogens (tertiary/aromatic N) is 4. The summed E-state index contributed by atoms with van der Waals surface area (Å²) >= 11 is 0. The van der Waals surface area contributed by atoms with Gasteiger partial charge in [0.15, 0.2) is 11.2 Å². The quantitative estimate of drug-likeness (QED) is 0.151. The minimum absolute atomic E-state index is 0.110. The molecular weight excluding hydrogens is 654 g/mol. The number of hydrogen-bond acceptors (Lipinski definition) is 8. The zero-order chi connectivity index (χ0) is 35.2. The van der Waals surface area contributed by atoms with E-state index < -0.39 is 18.6 Å². The average Bonchev–Trinajstić information content (AvgIpc) is 3.92. The van der Waals surface area contributed by atoms with Gasteiger partial charge in [-0.25, -0.2) is 9.97 Å². The summed E-state index contributed by atoms with van der Waals surface area (Å²) in [5.74, 6) is 0.238. The van der Waals surface area contributed by atoms with Crippen molar-refractivity contribution in [1.29, 1.82) is 0 Å². The van der Waals surface area contributed by atoms with Crippen LogP contribution in [0.1, 0.15) is 47.9 Å². The van der Waals surface area contributed by atoms with Crippen molar-refractivity contribution < 1.29 is 32.3 Å². The molecule has 0 unspecified atom stereocenters. The smallest absolute Gasteiger partial charge is 0.387 e. The number of rotatable bonds is 10. The first-order valence-electron chi connectivity index (χ1n) is 17.4. The fourth-order valence-corrected chi connectivity index (χ4v) is 7.66. The van der Waals surface area contributed by atoms with Crippen molar-refractivity contribution in [3.05, 3.63) is 89.0 Å². The fourth-order valence-electron chi connectivity index (χ4n) is 7.66. The van der Waals surface area contributed by atoms with Crippen molar-refractivity contribution in [2.45, 2.75) is 65.3 Å². The Morgan fingerprint density at radius 2 is 1.45 bits per heavy atom. The van der Waals surface area contributed by atoms with E-state index in [1.807, 2.05) is 61.2 Å². The standard InChI is InChI=1S/C40H38F2N4O5/c1-23-27(8-5-10-29(23)37-43-31-18-25(13-14-34(31)49-37)21-46-17-7-12-33(46)39(47)48)28-9-6-11-30(24(28)2)38-44-32-19-26(22-45-15-3-4-16-45)35(51-40(41)42)20-36(32)50-38/h5-6,8-11,13-14,18-20,33,40H,3-4,7,12,15-17,21-22H2,1-2H3,(H,47,48)/t33-/m0/s1. The third-order valence-electron chi connectivity index (χ3n) is 10.3. The van der Waals surface area contributed by atoms with Crippen molar-refractivity contribution in [3.8, 4) is 39.8 Å². The molecule has 8 rings (SSSR count). The molecule has 51 heavy (non-hydrogen) atoms. The Labute approximate surface area is 293 Å². The molecule has 0 bridgehead atoms. The number of carboxylic acids is 1.